The quantitative estimate of drug-likeness (QED) is 0.201. The first-order valence-electron chi connectivity index (χ1n) is 12.9. The second kappa shape index (κ2) is 19.8. The number of anilines is 1. The van der Waals surface area contributed by atoms with E-state index in [1.807, 2.05) is 58.1 Å². The molecule has 1 N–H and O–H groups in total. The van der Waals surface area contributed by atoms with E-state index in [-0.39, 0.29) is 12.5 Å². The summed E-state index contributed by atoms with van der Waals surface area (Å²) in [7, 11) is 12.9. The van der Waals surface area contributed by atoms with E-state index in [1.54, 1.807) is 32.4 Å². The minimum atomic E-state index is -0.474. The number of rotatable bonds is 15. The zero-order valence-corrected chi connectivity index (χ0v) is 24.9. The summed E-state index contributed by atoms with van der Waals surface area (Å²) in [5.41, 5.74) is 0.440. The number of methoxy groups -OCH3 is 2. The third kappa shape index (κ3) is 18.6. The van der Waals surface area contributed by atoms with Crippen LogP contribution in [0.3, 0.4) is 0 Å². The van der Waals surface area contributed by atoms with Gasteiger partial charge in [-0.25, -0.2) is 14.8 Å². The number of aromatic nitrogens is 1. The van der Waals surface area contributed by atoms with Crippen LogP contribution in [0.25, 0.3) is 0 Å². The van der Waals surface area contributed by atoms with Gasteiger partial charge in [-0.05, 0) is 93.3 Å². The van der Waals surface area contributed by atoms with Gasteiger partial charge in [0.2, 0.25) is 6.41 Å². The highest BCUT2D eigenvalue weighted by molar-refractivity contribution is 5.69. The summed E-state index contributed by atoms with van der Waals surface area (Å²) in [6.07, 6.45) is 8.54. The van der Waals surface area contributed by atoms with Crippen LogP contribution in [0.1, 0.15) is 52.9 Å². The van der Waals surface area contributed by atoms with Gasteiger partial charge in [-0.15, -0.1) is 0 Å². The standard InChI is InChI=1S/C22H39N5O2.C5H13NO2/c1-22(2,3)29-21(28)27(6)18-12-16-23-19-13-11-15-25-20(19)24-14-9-7-8-10-17-26(4)5;1-6(2)5(7-3)8-4/h11,13-15,23H,7-10,12,16-18H2,1-6H3;5H,1-4H3. The number of hydrogen-bond acceptors (Lipinski definition) is 9. The van der Waals surface area contributed by atoms with E-state index < -0.39 is 5.60 Å². The number of unbranched alkanes of at least 4 members (excludes halogenated alkanes) is 3. The number of aliphatic imine (C=N–C) groups is 1. The second-order valence-electron chi connectivity index (χ2n) is 10.3. The molecule has 0 aliphatic carbocycles. The van der Waals surface area contributed by atoms with Crippen molar-refractivity contribution in [2.24, 2.45) is 4.99 Å². The molecular formula is C27H52N6O4. The van der Waals surface area contributed by atoms with E-state index in [0.29, 0.717) is 12.4 Å². The summed E-state index contributed by atoms with van der Waals surface area (Å²) < 4.78 is 15.1. The summed E-state index contributed by atoms with van der Waals surface area (Å²) in [6.45, 7) is 8.09. The fourth-order valence-electron chi connectivity index (χ4n) is 3.12. The largest absolute Gasteiger partial charge is 0.444 e. The summed E-state index contributed by atoms with van der Waals surface area (Å²) in [5.74, 6) is 0.710. The van der Waals surface area contributed by atoms with Crippen molar-refractivity contribution in [3.8, 4) is 0 Å². The SMILES string of the molecule is CN(C)CCCCCC=Nc1ncccc1NCCCN(C)C(=O)OC(C)(C)C.COC(OC)N(C)C. The number of pyridine rings is 1. The Balaban J connectivity index is 0.00000139. The molecule has 1 aromatic rings. The van der Waals surface area contributed by atoms with Gasteiger partial charge in [0.1, 0.15) is 5.60 Å². The summed E-state index contributed by atoms with van der Waals surface area (Å²) in [5, 5.41) is 3.37. The maximum atomic E-state index is 12.0. The van der Waals surface area contributed by atoms with Gasteiger partial charge in [0, 0.05) is 46.8 Å². The Morgan fingerprint density at radius 1 is 1.05 bits per heavy atom. The van der Waals surface area contributed by atoms with Crippen LogP contribution in [-0.2, 0) is 14.2 Å². The molecule has 1 amide bonds. The normalized spacial score (nSPS) is 11.7. The fourth-order valence-corrected chi connectivity index (χ4v) is 3.12. The molecule has 0 aromatic carbocycles. The van der Waals surface area contributed by atoms with E-state index in [2.05, 4.69) is 34.3 Å². The zero-order chi connectivity index (χ0) is 28.3. The molecule has 0 fully saturated rings. The maximum Gasteiger partial charge on any atom is 0.410 e. The molecule has 0 bridgehead atoms. The lowest BCUT2D eigenvalue weighted by atomic mass is 10.2. The molecular weight excluding hydrogens is 472 g/mol. The van der Waals surface area contributed by atoms with Crippen molar-refractivity contribution in [2.75, 3.05) is 74.4 Å². The van der Waals surface area contributed by atoms with E-state index in [0.717, 1.165) is 38.0 Å². The van der Waals surface area contributed by atoms with Crippen LogP contribution in [0.4, 0.5) is 16.3 Å². The van der Waals surface area contributed by atoms with Gasteiger partial charge >= 0.3 is 6.09 Å². The summed E-state index contributed by atoms with van der Waals surface area (Å²) >= 11 is 0. The minimum absolute atomic E-state index is 0.213. The monoisotopic (exact) mass is 524 g/mol. The molecule has 214 valence electrons. The van der Waals surface area contributed by atoms with Crippen LogP contribution in [0.2, 0.25) is 0 Å². The lowest BCUT2D eigenvalue weighted by molar-refractivity contribution is -0.179. The molecule has 1 heterocycles. The molecule has 0 aliphatic heterocycles. The number of carbonyl (C=O) groups is 1. The molecule has 0 spiro atoms. The lowest BCUT2D eigenvalue weighted by Crippen LogP contribution is -2.35. The first-order chi connectivity index (χ1) is 17.4. The molecule has 0 unspecified atom stereocenters. The Labute approximate surface area is 225 Å². The van der Waals surface area contributed by atoms with Crippen molar-refractivity contribution in [3.63, 3.8) is 0 Å². The molecule has 0 saturated heterocycles. The van der Waals surface area contributed by atoms with Crippen LogP contribution in [0.5, 0.6) is 0 Å². The Bertz CT molecular complexity index is 749. The second-order valence-corrected chi connectivity index (χ2v) is 10.3. The molecule has 1 aromatic heterocycles. The van der Waals surface area contributed by atoms with Crippen LogP contribution < -0.4 is 5.32 Å². The van der Waals surface area contributed by atoms with E-state index >= 15 is 0 Å². The van der Waals surface area contributed by atoms with Gasteiger partial charge in [-0.1, -0.05) is 6.42 Å². The molecule has 0 saturated carbocycles. The van der Waals surface area contributed by atoms with Gasteiger partial charge in [-0.3, -0.25) is 4.90 Å². The minimum Gasteiger partial charge on any atom is -0.444 e. The molecule has 1 rings (SSSR count). The van der Waals surface area contributed by atoms with Gasteiger partial charge < -0.3 is 29.3 Å². The van der Waals surface area contributed by atoms with Gasteiger partial charge in [0.15, 0.2) is 5.82 Å². The molecule has 0 radical (unpaired) electrons. The van der Waals surface area contributed by atoms with Crippen LogP contribution in [0, 0.1) is 0 Å². The molecule has 10 heteroatoms. The maximum absolute atomic E-state index is 12.0. The van der Waals surface area contributed by atoms with E-state index in [1.165, 1.54) is 12.8 Å². The Morgan fingerprint density at radius 2 is 1.73 bits per heavy atom. The van der Waals surface area contributed by atoms with Crippen molar-refractivity contribution in [1.29, 1.82) is 0 Å². The summed E-state index contributed by atoms with van der Waals surface area (Å²) in [6, 6.07) is 3.88. The van der Waals surface area contributed by atoms with Crippen molar-refractivity contribution in [2.45, 2.75) is 64.9 Å². The molecule has 0 aliphatic rings. The first-order valence-corrected chi connectivity index (χ1v) is 12.9. The van der Waals surface area contributed by atoms with E-state index in [9.17, 15) is 4.79 Å². The highest BCUT2D eigenvalue weighted by Gasteiger charge is 2.19. The first kappa shape index (κ1) is 34.7. The van der Waals surface area contributed by atoms with Crippen molar-refractivity contribution >= 4 is 23.8 Å². The fraction of sp³-hybridized carbons (Fsp3) is 0.741. The average Bonchev–Trinajstić information content (AvgIpc) is 2.81. The van der Waals surface area contributed by atoms with Crippen molar-refractivity contribution in [3.05, 3.63) is 18.3 Å². The number of nitrogens with one attached hydrogen (secondary N) is 1. The topological polar surface area (TPSA) is 91.8 Å². The van der Waals surface area contributed by atoms with Gasteiger partial charge in [-0.2, -0.15) is 0 Å². The molecule has 37 heavy (non-hydrogen) atoms. The lowest BCUT2D eigenvalue weighted by Gasteiger charge is -2.24. The third-order valence-corrected chi connectivity index (χ3v) is 4.95. The average molecular weight is 525 g/mol. The molecule has 0 atom stereocenters. The van der Waals surface area contributed by atoms with Crippen LogP contribution >= 0.6 is 0 Å². The number of carbonyl (C=O) groups excluding carboxylic acids is 1. The van der Waals surface area contributed by atoms with Crippen LogP contribution in [-0.4, -0.2) is 113 Å². The predicted octanol–water partition coefficient (Wildman–Crippen LogP) is 4.70. The molecule has 10 nitrogen and oxygen atoms in total. The van der Waals surface area contributed by atoms with Crippen molar-refractivity contribution in [1.82, 2.24) is 19.7 Å². The Hall–Kier alpha value is -2.27. The van der Waals surface area contributed by atoms with Crippen molar-refractivity contribution < 1.29 is 19.0 Å². The third-order valence-electron chi connectivity index (χ3n) is 4.95. The number of hydrogen-bond donors (Lipinski definition) is 1. The summed E-state index contributed by atoms with van der Waals surface area (Å²) in [4.78, 5) is 26.5. The Morgan fingerprint density at radius 3 is 2.27 bits per heavy atom. The van der Waals surface area contributed by atoms with Gasteiger partial charge in [0.25, 0.3) is 0 Å². The number of amides is 1. The highest BCUT2D eigenvalue weighted by atomic mass is 16.7. The van der Waals surface area contributed by atoms with Crippen LogP contribution in [0.15, 0.2) is 23.3 Å². The highest BCUT2D eigenvalue weighted by Crippen LogP contribution is 2.21. The number of ether oxygens (including phenoxy) is 3. The number of nitrogens with zero attached hydrogens (tertiary/aromatic N) is 5. The van der Waals surface area contributed by atoms with Gasteiger partial charge in [0.05, 0.1) is 5.69 Å². The zero-order valence-electron chi connectivity index (χ0n) is 24.9. The Kier molecular flexibility index (Phi) is 18.6. The predicted molar refractivity (Wildman–Crippen MR) is 153 cm³/mol. The smallest absolute Gasteiger partial charge is 0.410 e. The van der Waals surface area contributed by atoms with E-state index in [4.69, 9.17) is 14.2 Å².